The first kappa shape index (κ1) is 20.5. The highest BCUT2D eigenvalue weighted by Crippen LogP contribution is 2.31. The van der Waals surface area contributed by atoms with E-state index >= 15 is 0 Å². The summed E-state index contributed by atoms with van der Waals surface area (Å²) in [6.07, 6.45) is 5.07. The summed E-state index contributed by atoms with van der Waals surface area (Å²) in [5.41, 5.74) is 1.17. The Bertz CT molecular complexity index is 999. The second-order valence-electron chi connectivity index (χ2n) is 6.99. The van der Waals surface area contributed by atoms with Gasteiger partial charge in [0, 0.05) is 5.56 Å². The van der Waals surface area contributed by atoms with Gasteiger partial charge in [0.15, 0.2) is 0 Å². The molecular weight excluding hydrogens is 364 g/mol. The van der Waals surface area contributed by atoms with Crippen molar-refractivity contribution in [1.29, 1.82) is 0 Å². The standard InChI is InChI=1S/C20H22N2O4S/c1-5-11-21-27(25,26)16-8-6-7-14(12-16)19(24)22-17-13-15(20(2,3)4)9-10-18(17)23/h1,6-10,12-13,21,23H,11H2,2-4H3,(H,22,24). The summed E-state index contributed by atoms with van der Waals surface area (Å²) in [6.45, 7) is 5.90. The van der Waals surface area contributed by atoms with E-state index in [1.807, 2.05) is 20.8 Å². The van der Waals surface area contributed by atoms with Crippen LogP contribution < -0.4 is 10.0 Å². The summed E-state index contributed by atoms with van der Waals surface area (Å²) in [5.74, 6) is 1.58. The lowest BCUT2D eigenvalue weighted by molar-refractivity contribution is 0.102. The Morgan fingerprint density at radius 3 is 2.52 bits per heavy atom. The third-order valence-corrected chi connectivity index (χ3v) is 5.28. The monoisotopic (exact) mass is 386 g/mol. The molecule has 0 aliphatic heterocycles. The van der Waals surface area contributed by atoms with Crippen LogP contribution in [0.4, 0.5) is 5.69 Å². The number of terminal acetylenes is 1. The van der Waals surface area contributed by atoms with Crippen molar-refractivity contribution in [2.45, 2.75) is 31.1 Å². The number of carbonyl (C=O) groups excluding carboxylic acids is 1. The molecule has 0 radical (unpaired) electrons. The molecule has 0 fully saturated rings. The van der Waals surface area contributed by atoms with E-state index in [4.69, 9.17) is 6.42 Å². The molecule has 0 bridgehead atoms. The molecule has 0 atom stereocenters. The van der Waals surface area contributed by atoms with E-state index in [1.54, 1.807) is 12.1 Å². The summed E-state index contributed by atoms with van der Waals surface area (Å²) in [4.78, 5) is 12.5. The Hall–Kier alpha value is -2.82. The van der Waals surface area contributed by atoms with Crippen molar-refractivity contribution in [1.82, 2.24) is 4.72 Å². The van der Waals surface area contributed by atoms with Crippen LogP contribution in [0.25, 0.3) is 0 Å². The summed E-state index contributed by atoms with van der Waals surface area (Å²) in [6, 6.07) is 10.6. The first-order valence-corrected chi connectivity index (χ1v) is 9.71. The highest BCUT2D eigenvalue weighted by molar-refractivity contribution is 7.89. The van der Waals surface area contributed by atoms with Crippen LogP contribution >= 0.6 is 0 Å². The molecule has 0 aromatic heterocycles. The number of hydrogen-bond acceptors (Lipinski definition) is 4. The van der Waals surface area contributed by atoms with Gasteiger partial charge in [0.1, 0.15) is 5.75 Å². The van der Waals surface area contributed by atoms with Gasteiger partial charge >= 0.3 is 0 Å². The summed E-state index contributed by atoms with van der Waals surface area (Å²) in [5, 5.41) is 12.7. The summed E-state index contributed by atoms with van der Waals surface area (Å²) < 4.78 is 26.5. The van der Waals surface area contributed by atoms with Crippen molar-refractivity contribution in [2.24, 2.45) is 0 Å². The molecule has 2 aromatic carbocycles. The average molecular weight is 386 g/mol. The highest BCUT2D eigenvalue weighted by Gasteiger charge is 2.18. The topological polar surface area (TPSA) is 95.5 Å². The smallest absolute Gasteiger partial charge is 0.255 e. The number of aromatic hydroxyl groups is 1. The maximum atomic E-state index is 12.6. The molecule has 0 saturated carbocycles. The first-order chi connectivity index (χ1) is 12.5. The van der Waals surface area contributed by atoms with E-state index in [0.29, 0.717) is 0 Å². The van der Waals surface area contributed by atoms with E-state index in [1.165, 1.54) is 30.3 Å². The van der Waals surface area contributed by atoms with Gasteiger partial charge in [-0.3, -0.25) is 4.79 Å². The largest absolute Gasteiger partial charge is 0.506 e. The van der Waals surface area contributed by atoms with Crippen molar-refractivity contribution < 1.29 is 18.3 Å². The van der Waals surface area contributed by atoms with Gasteiger partial charge in [0.2, 0.25) is 10.0 Å². The molecule has 0 saturated heterocycles. The number of phenols is 1. The molecule has 3 N–H and O–H groups in total. The van der Waals surface area contributed by atoms with Crippen molar-refractivity contribution >= 4 is 21.6 Å². The number of sulfonamides is 1. The zero-order valence-electron chi connectivity index (χ0n) is 15.4. The first-order valence-electron chi connectivity index (χ1n) is 8.22. The summed E-state index contributed by atoms with van der Waals surface area (Å²) in [7, 11) is -3.81. The highest BCUT2D eigenvalue weighted by atomic mass is 32.2. The Labute approximate surface area is 159 Å². The van der Waals surface area contributed by atoms with Crippen molar-refractivity contribution in [3.63, 3.8) is 0 Å². The lowest BCUT2D eigenvalue weighted by atomic mass is 9.87. The predicted octanol–water partition coefficient (Wildman–Crippen LogP) is 2.85. The Kier molecular flexibility index (Phi) is 5.94. The van der Waals surface area contributed by atoms with Crippen LogP contribution in [-0.4, -0.2) is 26.0 Å². The van der Waals surface area contributed by atoms with E-state index in [9.17, 15) is 18.3 Å². The van der Waals surface area contributed by atoms with Gasteiger partial charge in [-0.2, -0.15) is 4.72 Å². The van der Waals surface area contributed by atoms with Crippen molar-refractivity contribution in [3.8, 4) is 18.1 Å². The Morgan fingerprint density at radius 2 is 1.89 bits per heavy atom. The Balaban J connectivity index is 2.30. The number of amides is 1. The molecule has 7 heteroatoms. The number of hydrogen-bond donors (Lipinski definition) is 3. The fraction of sp³-hybridized carbons (Fsp3) is 0.250. The minimum absolute atomic E-state index is 0.0712. The van der Waals surface area contributed by atoms with E-state index < -0.39 is 15.9 Å². The molecule has 6 nitrogen and oxygen atoms in total. The van der Waals surface area contributed by atoms with E-state index in [2.05, 4.69) is 16.0 Å². The van der Waals surface area contributed by atoms with Crippen LogP contribution in [-0.2, 0) is 15.4 Å². The Morgan fingerprint density at radius 1 is 1.19 bits per heavy atom. The third kappa shape index (κ3) is 5.09. The number of phenolic OH excluding ortho intramolecular Hbond substituents is 1. The van der Waals surface area contributed by atoms with Gasteiger partial charge in [-0.25, -0.2) is 8.42 Å². The minimum Gasteiger partial charge on any atom is -0.506 e. The molecule has 0 aliphatic rings. The quantitative estimate of drug-likeness (QED) is 0.544. The molecule has 0 heterocycles. The van der Waals surface area contributed by atoms with Gasteiger partial charge in [-0.05, 0) is 41.3 Å². The molecule has 1 amide bonds. The van der Waals surface area contributed by atoms with Gasteiger partial charge in [-0.1, -0.05) is 38.8 Å². The lowest BCUT2D eigenvalue weighted by Gasteiger charge is -2.20. The molecule has 2 aromatic rings. The average Bonchev–Trinajstić information content (AvgIpc) is 2.61. The lowest BCUT2D eigenvalue weighted by Crippen LogP contribution is -2.24. The van der Waals surface area contributed by atoms with Crippen LogP contribution in [0.2, 0.25) is 0 Å². The fourth-order valence-electron chi connectivity index (χ4n) is 2.32. The molecule has 142 valence electrons. The maximum Gasteiger partial charge on any atom is 0.255 e. The molecule has 27 heavy (non-hydrogen) atoms. The van der Waals surface area contributed by atoms with Crippen LogP contribution in [0, 0.1) is 12.3 Å². The predicted molar refractivity (Wildman–Crippen MR) is 105 cm³/mol. The van der Waals surface area contributed by atoms with Gasteiger partial charge in [-0.15, -0.1) is 6.42 Å². The third-order valence-electron chi connectivity index (χ3n) is 3.88. The van der Waals surface area contributed by atoms with E-state index in [-0.39, 0.29) is 33.9 Å². The number of nitrogens with one attached hydrogen (secondary N) is 2. The SMILES string of the molecule is C#CCNS(=O)(=O)c1cccc(C(=O)Nc2cc(C(C)(C)C)ccc2O)c1. The second kappa shape index (κ2) is 7.82. The van der Waals surface area contributed by atoms with Gasteiger partial charge < -0.3 is 10.4 Å². The molecule has 0 spiro atoms. The second-order valence-corrected chi connectivity index (χ2v) is 8.76. The van der Waals surface area contributed by atoms with Crippen molar-refractivity contribution in [3.05, 3.63) is 53.6 Å². The number of benzene rings is 2. The zero-order chi connectivity index (χ0) is 20.2. The van der Waals surface area contributed by atoms with E-state index in [0.717, 1.165) is 5.56 Å². The minimum atomic E-state index is -3.81. The van der Waals surface area contributed by atoms with Crippen LogP contribution in [0.1, 0.15) is 36.7 Å². The van der Waals surface area contributed by atoms with Crippen molar-refractivity contribution in [2.75, 3.05) is 11.9 Å². The summed E-state index contributed by atoms with van der Waals surface area (Å²) >= 11 is 0. The molecule has 0 unspecified atom stereocenters. The molecular formula is C20H22N2O4S. The number of carbonyl (C=O) groups is 1. The molecule has 2 rings (SSSR count). The maximum absolute atomic E-state index is 12.6. The fourth-order valence-corrected chi connectivity index (χ4v) is 3.30. The van der Waals surface area contributed by atoms with Gasteiger partial charge in [0.05, 0.1) is 17.1 Å². The normalized spacial score (nSPS) is 11.6. The number of rotatable bonds is 5. The van der Waals surface area contributed by atoms with Crippen LogP contribution in [0.5, 0.6) is 5.75 Å². The molecule has 0 aliphatic carbocycles. The zero-order valence-corrected chi connectivity index (χ0v) is 16.2. The number of anilines is 1. The van der Waals surface area contributed by atoms with Crippen LogP contribution in [0.15, 0.2) is 47.4 Å². The van der Waals surface area contributed by atoms with Gasteiger partial charge in [0.25, 0.3) is 5.91 Å². The van der Waals surface area contributed by atoms with Crippen LogP contribution in [0.3, 0.4) is 0 Å².